The number of rotatable bonds is 1. The molecule has 0 radical (unpaired) electrons. The molecule has 2 rings (SSSR count). The molecule has 1 aliphatic heterocycles. The highest BCUT2D eigenvalue weighted by atomic mass is 16.6. The third kappa shape index (κ3) is 1.93. The summed E-state index contributed by atoms with van der Waals surface area (Å²) in [5.41, 5.74) is 1.55. The smallest absolute Gasteiger partial charge is 0.410 e. The Balaban J connectivity index is 2.30. The van der Waals surface area contributed by atoms with E-state index in [2.05, 4.69) is 0 Å². The number of hydrogen-bond donors (Lipinski definition) is 2. The van der Waals surface area contributed by atoms with Crippen molar-refractivity contribution in [3.63, 3.8) is 0 Å². The van der Waals surface area contributed by atoms with Crippen molar-refractivity contribution >= 4 is 6.09 Å². The zero-order valence-corrected chi connectivity index (χ0v) is 10.7. The Hall–Kier alpha value is -1.33. The van der Waals surface area contributed by atoms with Crippen molar-refractivity contribution in [3.8, 4) is 0 Å². The average Bonchev–Trinajstić information content (AvgIpc) is 2.62. The molecule has 5 nitrogen and oxygen atoms in total. The van der Waals surface area contributed by atoms with E-state index >= 15 is 0 Å². The maximum atomic E-state index is 11.9. The largest absolute Gasteiger partial charge is 0.450 e. The van der Waals surface area contributed by atoms with Gasteiger partial charge >= 0.3 is 6.09 Å². The SMILES string of the molecule is C/C=C1/C2=CCCN(C(=O)OCC)[C@@H]2[C@H](O)[C@H]1O. The first kappa shape index (κ1) is 13.1. The van der Waals surface area contributed by atoms with Crippen LogP contribution in [0.2, 0.25) is 0 Å². The zero-order valence-electron chi connectivity index (χ0n) is 10.7. The lowest BCUT2D eigenvalue weighted by molar-refractivity contribution is 0.00752. The van der Waals surface area contributed by atoms with Crippen molar-refractivity contribution in [1.82, 2.24) is 4.90 Å². The molecule has 0 saturated heterocycles. The van der Waals surface area contributed by atoms with Crippen molar-refractivity contribution in [1.29, 1.82) is 0 Å². The van der Waals surface area contributed by atoms with Crippen LogP contribution in [0.5, 0.6) is 0 Å². The summed E-state index contributed by atoms with van der Waals surface area (Å²) in [5.74, 6) is 0. The monoisotopic (exact) mass is 253 g/mol. The summed E-state index contributed by atoms with van der Waals surface area (Å²) in [7, 11) is 0. The summed E-state index contributed by atoms with van der Waals surface area (Å²) in [5, 5.41) is 20.1. The molecule has 1 saturated carbocycles. The van der Waals surface area contributed by atoms with Crippen LogP contribution in [0.25, 0.3) is 0 Å². The molecule has 1 amide bonds. The van der Waals surface area contributed by atoms with Gasteiger partial charge in [-0.3, -0.25) is 4.90 Å². The summed E-state index contributed by atoms with van der Waals surface area (Å²) >= 11 is 0. The Bertz CT molecular complexity index is 402. The minimum atomic E-state index is -0.979. The molecule has 2 aliphatic rings. The molecular weight excluding hydrogens is 234 g/mol. The lowest BCUT2D eigenvalue weighted by Gasteiger charge is -2.33. The van der Waals surface area contributed by atoms with Gasteiger partial charge in [0.1, 0.15) is 12.2 Å². The number of hydrogen-bond acceptors (Lipinski definition) is 4. The van der Waals surface area contributed by atoms with Gasteiger partial charge in [0.25, 0.3) is 0 Å². The van der Waals surface area contributed by atoms with Gasteiger partial charge in [-0.15, -0.1) is 0 Å². The van der Waals surface area contributed by atoms with Crippen LogP contribution in [0.3, 0.4) is 0 Å². The molecule has 0 spiro atoms. The maximum absolute atomic E-state index is 11.9. The fourth-order valence-corrected chi connectivity index (χ4v) is 2.72. The van der Waals surface area contributed by atoms with Gasteiger partial charge in [0.15, 0.2) is 0 Å². The van der Waals surface area contributed by atoms with Crippen molar-refractivity contribution in [2.45, 2.75) is 38.5 Å². The highest BCUT2D eigenvalue weighted by Crippen LogP contribution is 2.37. The van der Waals surface area contributed by atoms with Gasteiger partial charge in [0.2, 0.25) is 0 Å². The third-order valence-electron chi connectivity index (χ3n) is 3.50. The quantitative estimate of drug-likeness (QED) is 0.726. The van der Waals surface area contributed by atoms with Crippen molar-refractivity contribution in [2.24, 2.45) is 0 Å². The predicted molar refractivity (Wildman–Crippen MR) is 66.0 cm³/mol. The second-order valence-electron chi connectivity index (χ2n) is 4.46. The zero-order chi connectivity index (χ0) is 13.3. The van der Waals surface area contributed by atoms with Gasteiger partial charge in [-0.05, 0) is 31.4 Å². The average molecular weight is 253 g/mol. The number of allylic oxidation sites excluding steroid dienone is 1. The van der Waals surface area contributed by atoms with Crippen LogP contribution >= 0.6 is 0 Å². The number of fused-ring (bicyclic) bond motifs is 1. The lowest BCUT2D eigenvalue weighted by Crippen LogP contribution is -2.49. The second-order valence-corrected chi connectivity index (χ2v) is 4.46. The second kappa shape index (κ2) is 5.12. The molecule has 1 aliphatic carbocycles. The minimum Gasteiger partial charge on any atom is -0.450 e. The van der Waals surface area contributed by atoms with E-state index in [1.165, 1.54) is 4.90 Å². The number of aliphatic hydroxyl groups excluding tert-OH is 2. The van der Waals surface area contributed by atoms with E-state index < -0.39 is 24.3 Å². The van der Waals surface area contributed by atoms with Crippen LogP contribution in [-0.4, -0.2) is 52.6 Å². The summed E-state index contributed by atoms with van der Waals surface area (Å²) < 4.78 is 4.99. The summed E-state index contributed by atoms with van der Waals surface area (Å²) in [6.45, 7) is 4.37. The minimum absolute atomic E-state index is 0.302. The standard InChI is InChI=1S/C13H19NO4/c1-3-8-9-6-5-7-14(13(17)18-4-2)10(9)12(16)11(8)15/h3,6,10-12,15-16H,4-5,7H2,1-2H3/b8-3-/t10-,11-,12-/m0/s1. The third-order valence-corrected chi connectivity index (χ3v) is 3.50. The number of carbonyl (C=O) groups excluding carboxylic acids is 1. The van der Waals surface area contributed by atoms with Crippen molar-refractivity contribution in [3.05, 3.63) is 23.3 Å². The number of amides is 1. The lowest BCUT2D eigenvalue weighted by atomic mass is 10.00. The van der Waals surface area contributed by atoms with Crippen LogP contribution in [-0.2, 0) is 4.74 Å². The van der Waals surface area contributed by atoms with Crippen LogP contribution in [0.15, 0.2) is 23.3 Å². The molecule has 2 N–H and O–H groups in total. The first-order chi connectivity index (χ1) is 8.61. The number of nitrogens with zero attached hydrogens (tertiary/aromatic N) is 1. The molecule has 0 aromatic carbocycles. The summed E-state index contributed by atoms with van der Waals surface area (Å²) in [6, 6.07) is -0.487. The molecule has 18 heavy (non-hydrogen) atoms. The molecule has 0 bridgehead atoms. The normalized spacial score (nSPS) is 33.3. The topological polar surface area (TPSA) is 70.0 Å². The number of carbonyl (C=O) groups is 1. The van der Waals surface area contributed by atoms with E-state index in [9.17, 15) is 15.0 Å². The van der Waals surface area contributed by atoms with Gasteiger partial charge in [0.05, 0.1) is 12.6 Å². The Labute approximate surface area is 106 Å². The van der Waals surface area contributed by atoms with Crippen LogP contribution in [0.4, 0.5) is 4.79 Å². The molecule has 0 aromatic rings. The summed E-state index contributed by atoms with van der Waals surface area (Å²) in [6.07, 6.45) is 2.13. The fraction of sp³-hybridized carbons (Fsp3) is 0.615. The Kier molecular flexibility index (Phi) is 3.73. The molecule has 1 heterocycles. The molecule has 1 fully saturated rings. The van der Waals surface area contributed by atoms with Crippen LogP contribution in [0, 0.1) is 0 Å². The molecule has 0 aromatic heterocycles. The van der Waals surface area contributed by atoms with E-state index in [-0.39, 0.29) is 0 Å². The van der Waals surface area contributed by atoms with Crippen molar-refractivity contribution in [2.75, 3.05) is 13.2 Å². The first-order valence-corrected chi connectivity index (χ1v) is 6.28. The van der Waals surface area contributed by atoms with Gasteiger partial charge < -0.3 is 14.9 Å². The first-order valence-electron chi connectivity index (χ1n) is 6.28. The maximum Gasteiger partial charge on any atom is 0.410 e. The van der Waals surface area contributed by atoms with Gasteiger partial charge in [-0.2, -0.15) is 0 Å². The molecule has 0 unspecified atom stereocenters. The van der Waals surface area contributed by atoms with E-state index in [1.807, 2.05) is 13.0 Å². The number of aliphatic hydroxyl groups is 2. The van der Waals surface area contributed by atoms with Crippen molar-refractivity contribution < 1.29 is 19.7 Å². The number of ether oxygens (including phenoxy) is 1. The van der Waals surface area contributed by atoms with E-state index in [4.69, 9.17) is 4.74 Å². The van der Waals surface area contributed by atoms with E-state index in [0.717, 1.165) is 5.57 Å². The van der Waals surface area contributed by atoms with Gasteiger partial charge in [-0.1, -0.05) is 12.2 Å². The molecule has 5 heteroatoms. The van der Waals surface area contributed by atoms with Gasteiger partial charge in [-0.25, -0.2) is 4.79 Å². The Morgan fingerprint density at radius 1 is 1.61 bits per heavy atom. The molecule has 100 valence electrons. The highest BCUT2D eigenvalue weighted by molar-refractivity contribution is 5.70. The highest BCUT2D eigenvalue weighted by Gasteiger charge is 2.47. The fourth-order valence-electron chi connectivity index (χ4n) is 2.72. The molecular formula is C13H19NO4. The van der Waals surface area contributed by atoms with Crippen LogP contribution in [0.1, 0.15) is 20.3 Å². The van der Waals surface area contributed by atoms with E-state index in [0.29, 0.717) is 25.1 Å². The Morgan fingerprint density at radius 3 is 2.94 bits per heavy atom. The predicted octanol–water partition coefficient (Wildman–Crippen LogP) is 0.825. The van der Waals surface area contributed by atoms with E-state index in [1.54, 1.807) is 13.0 Å². The molecule has 3 atom stereocenters. The Morgan fingerprint density at radius 2 is 2.33 bits per heavy atom. The summed E-state index contributed by atoms with van der Waals surface area (Å²) in [4.78, 5) is 13.4. The van der Waals surface area contributed by atoms with Gasteiger partial charge in [0, 0.05) is 6.54 Å². The van der Waals surface area contributed by atoms with Crippen LogP contribution < -0.4 is 0 Å².